The Kier molecular flexibility index (Phi) is 6.74. The lowest BCUT2D eigenvalue weighted by Gasteiger charge is -2.38. The molecule has 1 fully saturated rings. The van der Waals surface area contributed by atoms with E-state index in [0.717, 1.165) is 31.9 Å². The summed E-state index contributed by atoms with van der Waals surface area (Å²) in [6, 6.07) is 10.2. The highest BCUT2D eigenvalue weighted by Crippen LogP contribution is 2.23. The van der Waals surface area contributed by atoms with Gasteiger partial charge in [-0.25, -0.2) is 13.1 Å². The zero-order valence-corrected chi connectivity index (χ0v) is 17.9. The van der Waals surface area contributed by atoms with E-state index in [0.29, 0.717) is 5.69 Å². The number of amides is 1. The van der Waals surface area contributed by atoms with Gasteiger partial charge in [0.2, 0.25) is 15.9 Å². The van der Waals surface area contributed by atoms with E-state index in [2.05, 4.69) is 26.9 Å². The number of nitrogens with zero attached hydrogens (tertiary/aromatic N) is 3. The zero-order chi connectivity index (χ0) is 21.0. The van der Waals surface area contributed by atoms with Gasteiger partial charge >= 0.3 is 0 Å². The monoisotopic (exact) mass is 419 g/mol. The molecule has 1 unspecified atom stereocenters. The normalized spacial score (nSPS) is 17.2. The summed E-state index contributed by atoms with van der Waals surface area (Å²) in [6.07, 6.45) is 1.98. The van der Waals surface area contributed by atoms with Gasteiger partial charge in [-0.05, 0) is 43.4 Å². The van der Waals surface area contributed by atoms with Crippen LogP contribution in [0.3, 0.4) is 0 Å². The van der Waals surface area contributed by atoms with Crippen molar-refractivity contribution in [3.63, 3.8) is 0 Å². The maximum Gasteiger partial charge on any atom is 0.240 e. The predicted molar refractivity (Wildman–Crippen MR) is 113 cm³/mol. The van der Waals surface area contributed by atoms with Crippen LogP contribution in [0.25, 0.3) is 0 Å². The first-order valence-electron chi connectivity index (χ1n) is 9.67. The molecule has 1 aromatic carbocycles. The van der Waals surface area contributed by atoms with E-state index >= 15 is 0 Å². The van der Waals surface area contributed by atoms with Crippen molar-refractivity contribution in [1.82, 2.24) is 19.1 Å². The van der Waals surface area contributed by atoms with Crippen LogP contribution in [0.2, 0.25) is 0 Å². The van der Waals surface area contributed by atoms with Crippen molar-refractivity contribution in [3.05, 3.63) is 48.3 Å². The molecule has 0 bridgehead atoms. The summed E-state index contributed by atoms with van der Waals surface area (Å²) in [4.78, 5) is 15.9. The van der Waals surface area contributed by atoms with E-state index in [1.807, 2.05) is 29.9 Å². The first-order valence-corrected chi connectivity index (χ1v) is 11.2. The Bertz CT molecular complexity index is 931. The molecule has 0 spiro atoms. The highest BCUT2D eigenvalue weighted by atomic mass is 32.2. The molecule has 3 rings (SSSR count). The molecule has 1 amide bonds. The fourth-order valence-corrected chi connectivity index (χ4v) is 4.61. The highest BCUT2D eigenvalue weighted by Gasteiger charge is 2.27. The van der Waals surface area contributed by atoms with Crippen LogP contribution >= 0.6 is 0 Å². The first kappa shape index (κ1) is 21.5. The Morgan fingerprint density at radius 1 is 1.07 bits per heavy atom. The average Bonchev–Trinajstić information content (AvgIpc) is 3.09. The number of carbonyl (C=O) groups is 1. The Labute approximate surface area is 172 Å². The molecule has 0 saturated carbocycles. The van der Waals surface area contributed by atoms with Gasteiger partial charge in [0.1, 0.15) is 0 Å². The number of likely N-dealkylation sites (N-methyl/N-ethyl adjacent to an activating group) is 1. The van der Waals surface area contributed by atoms with Crippen molar-refractivity contribution in [2.45, 2.75) is 17.9 Å². The molecular formula is C20H29N5O3S. The maximum atomic E-state index is 12.8. The van der Waals surface area contributed by atoms with Crippen molar-refractivity contribution in [2.75, 3.05) is 45.1 Å². The SMILES string of the molecule is CC(=O)Nc1ccc(S(=O)(=O)NCC(c2cccn2C)N2CCN(C)CC2)cc1. The number of hydrogen-bond donors (Lipinski definition) is 2. The molecule has 1 atom stereocenters. The van der Waals surface area contributed by atoms with E-state index in [1.54, 1.807) is 12.1 Å². The predicted octanol–water partition coefficient (Wildman–Crippen LogP) is 1.25. The lowest BCUT2D eigenvalue weighted by Crippen LogP contribution is -2.48. The van der Waals surface area contributed by atoms with Gasteiger partial charge in [0.15, 0.2) is 0 Å². The number of rotatable bonds is 7. The lowest BCUT2D eigenvalue weighted by atomic mass is 10.1. The van der Waals surface area contributed by atoms with E-state index in [4.69, 9.17) is 0 Å². The third-order valence-electron chi connectivity index (χ3n) is 5.26. The summed E-state index contributed by atoms with van der Waals surface area (Å²) in [7, 11) is 0.416. The molecule has 2 aromatic rings. The zero-order valence-electron chi connectivity index (χ0n) is 17.1. The molecule has 8 nitrogen and oxygen atoms in total. The number of benzene rings is 1. The molecule has 158 valence electrons. The van der Waals surface area contributed by atoms with Gasteiger partial charge in [-0.1, -0.05) is 0 Å². The fourth-order valence-electron chi connectivity index (χ4n) is 3.57. The second-order valence-corrected chi connectivity index (χ2v) is 9.22. The number of nitrogens with one attached hydrogen (secondary N) is 2. The quantitative estimate of drug-likeness (QED) is 0.705. The minimum absolute atomic E-state index is 0.0443. The van der Waals surface area contributed by atoms with Crippen LogP contribution in [-0.2, 0) is 21.9 Å². The van der Waals surface area contributed by atoms with Gasteiger partial charge in [-0.3, -0.25) is 9.69 Å². The van der Waals surface area contributed by atoms with E-state index in [9.17, 15) is 13.2 Å². The van der Waals surface area contributed by atoms with Gasteiger partial charge < -0.3 is 14.8 Å². The standard InChI is InChI=1S/C20H29N5O3S/c1-16(26)22-17-6-8-18(9-7-17)29(27,28)21-15-20(19-5-4-10-24(19)3)25-13-11-23(2)12-14-25/h4-10,20-21H,11-15H2,1-3H3,(H,22,26). The molecule has 1 saturated heterocycles. The molecule has 0 aliphatic carbocycles. The molecule has 2 heterocycles. The van der Waals surface area contributed by atoms with Crippen LogP contribution in [0.5, 0.6) is 0 Å². The summed E-state index contributed by atoms with van der Waals surface area (Å²) in [6.45, 7) is 5.39. The Morgan fingerprint density at radius 3 is 2.28 bits per heavy atom. The Morgan fingerprint density at radius 2 is 1.72 bits per heavy atom. The topological polar surface area (TPSA) is 86.7 Å². The number of hydrogen-bond acceptors (Lipinski definition) is 5. The second kappa shape index (κ2) is 9.08. The molecule has 2 N–H and O–H groups in total. The van der Waals surface area contributed by atoms with Gasteiger partial charge in [-0.2, -0.15) is 0 Å². The third-order valence-corrected chi connectivity index (χ3v) is 6.70. The number of aromatic nitrogens is 1. The third kappa shape index (κ3) is 5.45. The molecule has 1 aromatic heterocycles. The van der Waals surface area contributed by atoms with Crippen LogP contribution in [-0.4, -0.2) is 68.5 Å². The summed E-state index contributed by atoms with van der Waals surface area (Å²) in [5.74, 6) is -0.198. The van der Waals surface area contributed by atoms with Crippen LogP contribution in [0.4, 0.5) is 5.69 Å². The average molecular weight is 420 g/mol. The second-order valence-electron chi connectivity index (χ2n) is 7.46. The number of sulfonamides is 1. The largest absolute Gasteiger partial charge is 0.353 e. The number of piperazine rings is 1. The minimum Gasteiger partial charge on any atom is -0.353 e. The van der Waals surface area contributed by atoms with Crippen LogP contribution < -0.4 is 10.0 Å². The van der Waals surface area contributed by atoms with Crippen LogP contribution in [0.15, 0.2) is 47.5 Å². The smallest absolute Gasteiger partial charge is 0.240 e. The summed E-state index contributed by atoms with van der Waals surface area (Å²) in [5, 5.41) is 2.64. The van der Waals surface area contributed by atoms with Gasteiger partial charge in [0.25, 0.3) is 0 Å². The first-order chi connectivity index (χ1) is 13.8. The summed E-state index contributed by atoms with van der Waals surface area (Å²) < 4.78 is 30.5. The van der Waals surface area contributed by atoms with Crippen molar-refractivity contribution in [3.8, 4) is 0 Å². The number of aryl methyl sites for hydroxylation is 1. The highest BCUT2D eigenvalue weighted by molar-refractivity contribution is 7.89. The fraction of sp³-hybridized carbons (Fsp3) is 0.450. The molecule has 29 heavy (non-hydrogen) atoms. The van der Waals surface area contributed by atoms with E-state index < -0.39 is 10.0 Å². The van der Waals surface area contributed by atoms with Crippen molar-refractivity contribution in [2.24, 2.45) is 7.05 Å². The molecular weight excluding hydrogens is 390 g/mol. The molecule has 1 aliphatic heterocycles. The van der Waals surface area contributed by atoms with Gasteiger partial charge in [0, 0.05) is 64.3 Å². The summed E-state index contributed by atoms with van der Waals surface area (Å²) >= 11 is 0. The Hall–Kier alpha value is -2.20. The lowest BCUT2D eigenvalue weighted by molar-refractivity contribution is -0.114. The van der Waals surface area contributed by atoms with Crippen LogP contribution in [0, 0.1) is 0 Å². The molecule has 0 radical (unpaired) electrons. The number of anilines is 1. The minimum atomic E-state index is -3.66. The summed E-state index contributed by atoms with van der Waals surface area (Å²) in [5.41, 5.74) is 1.65. The van der Waals surface area contributed by atoms with Gasteiger partial charge in [0.05, 0.1) is 10.9 Å². The van der Waals surface area contributed by atoms with Crippen molar-refractivity contribution in [1.29, 1.82) is 0 Å². The van der Waals surface area contributed by atoms with Crippen molar-refractivity contribution >= 4 is 21.6 Å². The van der Waals surface area contributed by atoms with E-state index in [1.165, 1.54) is 19.1 Å². The maximum absolute atomic E-state index is 12.8. The number of carbonyl (C=O) groups excluding carboxylic acids is 1. The Balaban J connectivity index is 1.74. The van der Waals surface area contributed by atoms with Crippen LogP contribution in [0.1, 0.15) is 18.7 Å². The van der Waals surface area contributed by atoms with E-state index in [-0.39, 0.29) is 23.4 Å². The van der Waals surface area contributed by atoms with Gasteiger partial charge in [-0.15, -0.1) is 0 Å². The molecule has 1 aliphatic rings. The molecule has 9 heteroatoms. The van der Waals surface area contributed by atoms with Crippen molar-refractivity contribution < 1.29 is 13.2 Å².